The molecule has 0 aliphatic heterocycles. The van der Waals surface area contributed by atoms with Crippen molar-refractivity contribution in [3.05, 3.63) is 72.3 Å². The third-order valence-electron chi connectivity index (χ3n) is 3.33. The molecule has 1 aromatic heterocycles. The number of anilines is 1. The maximum absolute atomic E-state index is 5.94. The second-order valence-corrected chi connectivity index (χ2v) is 5.15. The minimum atomic E-state index is 0.346. The van der Waals surface area contributed by atoms with Gasteiger partial charge in [-0.25, -0.2) is 4.99 Å². The van der Waals surface area contributed by atoms with Gasteiger partial charge in [0.15, 0.2) is 11.8 Å². The van der Waals surface area contributed by atoms with Gasteiger partial charge in [0.2, 0.25) is 0 Å². The third kappa shape index (κ3) is 3.74. The van der Waals surface area contributed by atoms with E-state index in [0.717, 1.165) is 22.8 Å². The summed E-state index contributed by atoms with van der Waals surface area (Å²) in [5, 5.41) is 11.1. The van der Waals surface area contributed by atoms with Crippen molar-refractivity contribution in [2.24, 2.45) is 10.7 Å². The molecule has 0 atom stereocenters. The molecule has 0 saturated heterocycles. The fourth-order valence-corrected chi connectivity index (χ4v) is 2.24. The van der Waals surface area contributed by atoms with Gasteiger partial charge >= 0.3 is 0 Å². The van der Waals surface area contributed by atoms with Gasteiger partial charge in [-0.15, -0.1) is 10.2 Å². The number of nitrogens with zero attached hydrogens (tertiary/aromatic N) is 4. The first-order valence-electron chi connectivity index (χ1n) is 7.30. The zero-order valence-electron chi connectivity index (χ0n) is 12.8. The van der Waals surface area contributed by atoms with Crippen LogP contribution in [0.3, 0.4) is 0 Å². The standard InChI is InChI=1S/C17H18N6/c1-13-6-5-7-14(10-13)21-17(18)19-11-16-22-20-12-23(16)15-8-3-2-4-9-15/h2-10,12H,11H2,1H3,(H3,18,19,21). The number of rotatable bonds is 4. The van der Waals surface area contributed by atoms with Gasteiger partial charge < -0.3 is 11.1 Å². The molecule has 3 rings (SSSR count). The quantitative estimate of drug-likeness (QED) is 0.573. The SMILES string of the molecule is Cc1cccc(NC(N)=NCc2nncn2-c2ccccc2)c1. The summed E-state index contributed by atoms with van der Waals surface area (Å²) in [4.78, 5) is 4.34. The molecule has 0 fully saturated rings. The Labute approximate surface area is 134 Å². The number of aromatic nitrogens is 3. The minimum Gasteiger partial charge on any atom is -0.370 e. The average molecular weight is 306 g/mol. The Balaban J connectivity index is 1.72. The van der Waals surface area contributed by atoms with Gasteiger partial charge in [0.25, 0.3) is 0 Å². The highest BCUT2D eigenvalue weighted by Crippen LogP contribution is 2.11. The number of aryl methyl sites for hydroxylation is 1. The predicted octanol–water partition coefficient (Wildman–Crippen LogP) is 2.50. The van der Waals surface area contributed by atoms with Crippen LogP contribution in [0, 0.1) is 6.92 Å². The molecule has 6 nitrogen and oxygen atoms in total. The van der Waals surface area contributed by atoms with Crippen LogP contribution in [0.5, 0.6) is 0 Å². The van der Waals surface area contributed by atoms with Crippen molar-refractivity contribution >= 4 is 11.6 Å². The van der Waals surface area contributed by atoms with Crippen molar-refractivity contribution < 1.29 is 0 Å². The van der Waals surface area contributed by atoms with Crippen LogP contribution in [0.4, 0.5) is 5.69 Å². The average Bonchev–Trinajstić information content (AvgIpc) is 3.02. The van der Waals surface area contributed by atoms with Crippen molar-refractivity contribution in [2.45, 2.75) is 13.5 Å². The topological polar surface area (TPSA) is 81.1 Å². The molecule has 2 aromatic carbocycles. The Morgan fingerprint density at radius 3 is 2.78 bits per heavy atom. The first kappa shape index (κ1) is 14.8. The lowest BCUT2D eigenvalue weighted by molar-refractivity contribution is 0.859. The fourth-order valence-electron chi connectivity index (χ4n) is 2.24. The van der Waals surface area contributed by atoms with E-state index in [-0.39, 0.29) is 0 Å². The van der Waals surface area contributed by atoms with Crippen LogP contribution < -0.4 is 11.1 Å². The lowest BCUT2D eigenvalue weighted by Gasteiger charge is -2.07. The van der Waals surface area contributed by atoms with Crippen LogP contribution in [0.1, 0.15) is 11.4 Å². The van der Waals surface area contributed by atoms with E-state index in [9.17, 15) is 0 Å². The summed E-state index contributed by atoms with van der Waals surface area (Å²) in [6.07, 6.45) is 1.67. The molecule has 0 saturated carbocycles. The van der Waals surface area contributed by atoms with E-state index in [0.29, 0.717) is 12.5 Å². The summed E-state index contributed by atoms with van der Waals surface area (Å²) in [6.45, 7) is 2.38. The molecule has 0 aliphatic rings. The summed E-state index contributed by atoms with van der Waals surface area (Å²) in [7, 11) is 0. The highest BCUT2D eigenvalue weighted by molar-refractivity contribution is 5.92. The lowest BCUT2D eigenvalue weighted by atomic mass is 10.2. The molecular formula is C17H18N6. The summed E-state index contributed by atoms with van der Waals surface area (Å²) in [5.41, 5.74) is 9.01. The molecule has 3 aromatic rings. The van der Waals surface area contributed by atoms with Crippen LogP contribution in [0.25, 0.3) is 5.69 Å². The van der Waals surface area contributed by atoms with Crippen molar-refractivity contribution in [3.8, 4) is 5.69 Å². The molecule has 0 spiro atoms. The molecule has 0 radical (unpaired) electrons. The lowest BCUT2D eigenvalue weighted by Crippen LogP contribution is -2.22. The molecule has 0 unspecified atom stereocenters. The minimum absolute atomic E-state index is 0.346. The van der Waals surface area contributed by atoms with E-state index < -0.39 is 0 Å². The van der Waals surface area contributed by atoms with Gasteiger partial charge in [-0.3, -0.25) is 4.57 Å². The van der Waals surface area contributed by atoms with Crippen LogP contribution in [-0.4, -0.2) is 20.7 Å². The van der Waals surface area contributed by atoms with Crippen molar-refractivity contribution in [1.82, 2.24) is 14.8 Å². The Bertz CT molecular complexity index is 807. The number of guanidine groups is 1. The van der Waals surface area contributed by atoms with E-state index in [1.54, 1.807) is 6.33 Å². The largest absolute Gasteiger partial charge is 0.370 e. The predicted molar refractivity (Wildman–Crippen MR) is 91.5 cm³/mol. The van der Waals surface area contributed by atoms with Gasteiger partial charge in [-0.05, 0) is 36.8 Å². The molecule has 116 valence electrons. The second kappa shape index (κ2) is 6.74. The monoisotopic (exact) mass is 306 g/mol. The third-order valence-corrected chi connectivity index (χ3v) is 3.33. The molecule has 1 heterocycles. The number of nitrogens with one attached hydrogen (secondary N) is 1. The van der Waals surface area contributed by atoms with Gasteiger partial charge in [-0.1, -0.05) is 30.3 Å². The van der Waals surface area contributed by atoms with Gasteiger partial charge in [0.05, 0.1) is 0 Å². The summed E-state index contributed by atoms with van der Waals surface area (Å²) >= 11 is 0. The summed E-state index contributed by atoms with van der Waals surface area (Å²) in [6, 6.07) is 17.8. The smallest absolute Gasteiger partial charge is 0.193 e. The molecule has 0 amide bonds. The van der Waals surface area contributed by atoms with Gasteiger partial charge in [-0.2, -0.15) is 0 Å². The van der Waals surface area contributed by atoms with Gasteiger partial charge in [0, 0.05) is 11.4 Å². The highest BCUT2D eigenvalue weighted by Gasteiger charge is 2.05. The van der Waals surface area contributed by atoms with Crippen LogP contribution >= 0.6 is 0 Å². The second-order valence-electron chi connectivity index (χ2n) is 5.15. The number of aliphatic imine (C=N–C) groups is 1. The fraction of sp³-hybridized carbons (Fsp3) is 0.118. The van der Waals surface area contributed by atoms with Gasteiger partial charge in [0.1, 0.15) is 12.9 Å². The van der Waals surface area contributed by atoms with Crippen molar-refractivity contribution in [2.75, 3.05) is 5.32 Å². The van der Waals surface area contributed by atoms with E-state index in [2.05, 4.69) is 20.5 Å². The normalized spacial score (nSPS) is 11.4. The zero-order chi connectivity index (χ0) is 16.1. The summed E-state index contributed by atoms with van der Waals surface area (Å²) < 4.78 is 1.89. The Hall–Kier alpha value is -3.15. The Morgan fingerprint density at radius 1 is 1.17 bits per heavy atom. The van der Waals surface area contributed by atoms with Crippen molar-refractivity contribution in [1.29, 1.82) is 0 Å². The number of nitrogens with two attached hydrogens (primary N) is 1. The maximum atomic E-state index is 5.94. The van der Waals surface area contributed by atoms with E-state index in [1.165, 1.54) is 0 Å². The molecule has 0 aliphatic carbocycles. The number of para-hydroxylation sites is 1. The highest BCUT2D eigenvalue weighted by atomic mass is 15.3. The Morgan fingerprint density at radius 2 is 2.00 bits per heavy atom. The van der Waals surface area contributed by atoms with Crippen molar-refractivity contribution in [3.63, 3.8) is 0 Å². The number of hydrogen-bond acceptors (Lipinski definition) is 3. The molecular weight excluding hydrogens is 288 g/mol. The van der Waals surface area contributed by atoms with E-state index in [1.807, 2.05) is 66.1 Å². The molecule has 0 bridgehead atoms. The van der Waals surface area contributed by atoms with E-state index in [4.69, 9.17) is 5.73 Å². The zero-order valence-corrected chi connectivity index (χ0v) is 12.8. The first-order valence-corrected chi connectivity index (χ1v) is 7.30. The summed E-state index contributed by atoms with van der Waals surface area (Å²) in [5.74, 6) is 1.07. The van der Waals surface area contributed by atoms with Crippen LogP contribution in [-0.2, 0) is 6.54 Å². The number of benzene rings is 2. The molecule has 3 N–H and O–H groups in total. The Kier molecular flexibility index (Phi) is 4.33. The van der Waals surface area contributed by atoms with Crippen LogP contribution in [0.2, 0.25) is 0 Å². The van der Waals surface area contributed by atoms with E-state index >= 15 is 0 Å². The number of hydrogen-bond donors (Lipinski definition) is 2. The molecule has 23 heavy (non-hydrogen) atoms. The first-order chi connectivity index (χ1) is 11.2. The molecule has 6 heteroatoms. The van der Waals surface area contributed by atoms with Crippen LogP contribution in [0.15, 0.2) is 65.9 Å². The maximum Gasteiger partial charge on any atom is 0.193 e.